The van der Waals surface area contributed by atoms with Crippen LogP contribution in [0.1, 0.15) is 332 Å². The third-order valence-electron chi connectivity index (χ3n) is 16.5. The molecule has 0 radical (unpaired) electrons. The number of aliphatic hydroxyl groups is 1. The molecule has 0 fully saturated rings. The van der Waals surface area contributed by atoms with Gasteiger partial charge in [-0.1, -0.05) is 168 Å². The molecule has 0 rings (SSSR count). The van der Waals surface area contributed by atoms with E-state index in [4.69, 9.17) is 66.3 Å². The zero-order valence-electron chi connectivity index (χ0n) is 63.1. The van der Waals surface area contributed by atoms with Gasteiger partial charge in [0.05, 0.1) is 56.9 Å². The monoisotopic (exact) mass is 1290 g/mol. The second-order valence-corrected chi connectivity index (χ2v) is 29.0. The summed E-state index contributed by atoms with van der Waals surface area (Å²) in [6.45, 7) is 50.5. The maximum atomic E-state index is 10.9. The molecule has 8 atom stereocenters. The van der Waals surface area contributed by atoms with Gasteiger partial charge in [-0.3, -0.25) is 9.47 Å². The van der Waals surface area contributed by atoms with E-state index in [0.717, 1.165) is 161 Å². The third kappa shape index (κ3) is 43.5. The Balaban J connectivity index is 8.41. The summed E-state index contributed by atoms with van der Waals surface area (Å²) in [7, 11) is 0. The number of unbranched alkanes of at least 4 members (excludes halogenated alkanes) is 13. The maximum Gasteiger partial charge on any atom is 0.316 e. The normalized spacial score (nSPS) is 16.6. The summed E-state index contributed by atoms with van der Waals surface area (Å²) in [4.78, 5) is 0. The highest BCUT2D eigenvalue weighted by Gasteiger charge is 2.58. The first-order valence-electron chi connectivity index (χ1n) is 37.4. The molecule has 1 N–H and O–H groups in total. The highest BCUT2D eigenvalue weighted by Crippen LogP contribution is 2.43. The molecular formula is C75H152O15. The molecular weight excluding hydrogens is 1140 g/mol. The van der Waals surface area contributed by atoms with Crippen LogP contribution >= 0.6 is 0 Å². The summed E-state index contributed by atoms with van der Waals surface area (Å²) >= 11 is 0. The van der Waals surface area contributed by atoms with Crippen LogP contribution in [-0.2, 0) is 66.3 Å². The fraction of sp³-hybridized carbons (Fsp3) is 1.00. The molecule has 0 aliphatic heterocycles. The molecule has 15 nitrogen and oxygen atoms in total. The molecule has 542 valence electrons. The Labute approximate surface area is 556 Å². The van der Waals surface area contributed by atoms with E-state index in [9.17, 15) is 5.11 Å². The van der Waals surface area contributed by atoms with E-state index in [1.165, 1.54) is 6.42 Å². The van der Waals surface area contributed by atoms with Crippen molar-refractivity contribution in [3.8, 4) is 0 Å². The summed E-state index contributed by atoms with van der Waals surface area (Å²) in [6.07, 6.45) is 21.9. The largest absolute Gasteiger partial charge is 0.381 e. The van der Waals surface area contributed by atoms with Crippen molar-refractivity contribution in [1.29, 1.82) is 0 Å². The number of rotatable bonds is 66. The molecule has 0 amide bonds. The van der Waals surface area contributed by atoms with E-state index in [1.54, 1.807) is 0 Å². The molecule has 15 heteroatoms. The Bertz CT molecular complexity index is 1590. The summed E-state index contributed by atoms with van der Waals surface area (Å²) in [5.41, 5.74) is -1.80. The highest BCUT2D eigenvalue weighted by atomic mass is 16.9. The maximum absolute atomic E-state index is 10.9. The van der Waals surface area contributed by atoms with Crippen LogP contribution in [0.4, 0.5) is 0 Å². The zero-order valence-corrected chi connectivity index (χ0v) is 63.1. The molecule has 0 bridgehead atoms. The van der Waals surface area contributed by atoms with E-state index >= 15 is 0 Å². The highest BCUT2D eigenvalue weighted by molar-refractivity contribution is 4.92. The van der Waals surface area contributed by atoms with Crippen molar-refractivity contribution in [3.05, 3.63) is 0 Å². The van der Waals surface area contributed by atoms with E-state index in [-0.39, 0.29) is 30.0 Å². The van der Waals surface area contributed by atoms with E-state index < -0.39 is 53.9 Å². The van der Waals surface area contributed by atoms with Crippen molar-refractivity contribution >= 4 is 0 Å². The molecule has 0 aliphatic carbocycles. The van der Waals surface area contributed by atoms with Crippen LogP contribution in [0.25, 0.3) is 0 Å². The van der Waals surface area contributed by atoms with Gasteiger partial charge in [0.25, 0.3) is 5.97 Å². The Hall–Kier alpha value is -0.600. The second kappa shape index (κ2) is 52.5. The van der Waals surface area contributed by atoms with Gasteiger partial charge in [0.1, 0.15) is 0 Å². The number of aliphatic hydroxyl groups excluding tert-OH is 1. The Morgan fingerprint density at radius 1 is 0.422 bits per heavy atom. The van der Waals surface area contributed by atoms with Gasteiger partial charge >= 0.3 is 5.97 Å². The summed E-state index contributed by atoms with van der Waals surface area (Å²) in [5, 5.41) is 10.9. The lowest BCUT2D eigenvalue weighted by molar-refractivity contribution is -0.499. The van der Waals surface area contributed by atoms with E-state index in [0.29, 0.717) is 91.1 Å². The van der Waals surface area contributed by atoms with Crippen LogP contribution in [-0.4, -0.2) is 138 Å². The second-order valence-electron chi connectivity index (χ2n) is 29.0. The van der Waals surface area contributed by atoms with Crippen LogP contribution in [0.3, 0.4) is 0 Å². The average molecular weight is 1290 g/mol. The first-order valence-corrected chi connectivity index (χ1v) is 37.4. The minimum atomic E-state index is -1.90. The third-order valence-corrected chi connectivity index (χ3v) is 16.5. The molecule has 0 aromatic carbocycles. The standard InChI is InChI=1S/C75H152O15/c1-22-30-33-36-43-57-83-74(89-72(20,27-6)28-7,51-40-35-34-37-42-55-81-68(76)65(26-5)46-31-23-2)88-67(47-39-38-41-54-78-61-70(15,16)17)87-71(18,19)69(86-66(79-29-8)49-58-80-64(13)14)75(85-60-63(11)12,84-59-48-62(9)10)90-73(21,50-32-24-3)82-56-45-44-53-77-52-25-4/h62-69,76H,22-61H2,1-21H3. The van der Waals surface area contributed by atoms with Gasteiger partial charge in [-0.25, -0.2) is 0 Å². The minimum Gasteiger partial charge on any atom is -0.381 e. The van der Waals surface area contributed by atoms with Crippen LogP contribution in [0.15, 0.2) is 0 Å². The van der Waals surface area contributed by atoms with Gasteiger partial charge in [0.15, 0.2) is 30.8 Å². The lowest BCUT2D eigenvalue weighted by atomic mass is 9.97. The average Bonchev–Trinajstić information content (AvgIpc) is 0.826. The van der Waals surface area contributed by atoms with Gasteiger partial charge in [0.2, 0.25) is 0 Å². The van der Waals surface area contributed by atoms with E-state index in [2.05, 4.69) is 104 Å². The van der Waals surface area contributed by atoms with Crippen LogP contribution < -0.4 is 0 Å². The molecule has 0 saturated carbocycles. The van der Waals surface area contributed by atoms with Crippen molar-refractivity contribution in [2.24, 2.45) is 23.2 Å². The van der Waals surface area contributed by atoms with Gasteiger partial charge in [0, 0.05) is 58.2 Å². The molecule has 0 aromatic rings. The van der Waals surface area contributed by atoms with Crippen LogP contribution in [0, 0.1) is 23.2 Å². The Kier molecular flexibility index (Phi) is 52.2. The van der Waals surface area contributed by atoms with Gasteiger partial charge in [-0.15, -0.1) is 0 Å². The predicted octanol–water partition coefficient (Wildman–Crippen LogP) is 20.0. The number of ether oxygens (including phenoxy) is 14. The lowest BCUT2D eigenvalue weighted by Gasteiger charge is -2.51. The lowest BCUT2D eigenvalue weighted by Crippen LogP contribution is -2.65. The van der Waals surface area contributed by atoms with Gasteiger partial charge < -0.3 is 61.9 Å². The van der Waals surface area contributed by atoms with Crippen molar-refractivity contribution < 1.29 is 71.4 Å². The smallest absolute Gasteiger partial charge is 0.316 e. The fourth-order valence-electron chi connectivity index (χ4n) is 10.5. The SMILES string of the molecule is CCCCCCCOC(CCCCCCCOC(O)C(CC)CCCC)(OC(CCCCCOCC(C)(C)C)OC(C)(C)C(OC(CCOC(C)C)OCC)C(OCCC(C)C)(OCC(C)C)OC(C)(CCCC)OCCCCOCCC)OC(C)(CC)CC. The topological polar surface area (TPSA) is 149 Å². The fourth-order valence-corrected chi connectivity index (χ4v) is 10.5. The summed E-state index contributed by atoms with van der Waals surface area (Å²) in [5.74, 6) is -3.98. The minimum absolute atomic E-state index is 0.00759. The van der Waals surface area contributed by atoms with Crippen molar-refractivity contribution in [3.63, 3.8) is 0 Å². The molecule has 90 heavy (non-hydrogen) atoms. The predicted molar refractivity (Wildman–Crippen MR) is 369 cm³/mol. The summed E-state index contributed by atoms with van der Waals surface area (Å²) < 4.78 is 97.7. The number of hydrogen-bond donors (Lipinski definition) is 1. The number of hydrogen-bond acceptors (Lipinski definition) is 15. The van der Waals surface area contributed by atoms with E-state index in [1.807, 2.05) is 41.5 Å². The molecule has 0 spiro atoms. The van der Waals surface area contributed by atoms with Crippen molar-refractivity contribution in [1.82, 2.24) is 0 Å². The van der Waals surface area contributed by atoms with Gasteiger partial charge in [-0.2, -0.15) is 0 Å². The van der Waals surface area contributed by atoms with Crippen LogP contribution in [0.5, 0.6) is 0 Å². The molecule has 8 unspecified atom stereocenters. The molecule has 0 heterocycles. The zero-order chi connectivity index (χ0) is 67.8. The van der Waals surface area contributed by atoms with Crippen molar-refractivity contribution in [2.75, 3.05) is 72.7 Å². The molecule has 0 aliphatic rings. The first kappa shape index (κ1) is 89.4. The quantitative estimate of drug-likeness (QED) is 0.0454. The Morgan fingerprint density at radius 3 is 1.63 bits per heavy atom. The summed E-state index contributed by atoms with van der Waals surface area (Å²) in [6, 6.07) is 0. The first-order chi connectivity index (χ1) is 42.7. The molecule has 0 aromatic heterocycles. The molecule has 0 saturated heterocycles. The Morgan fingerprint density at radius 2 is 1.02 bits per heavy atom. The van der Waals surface area contributed by atoms with Gasteiger partial charge in [-0.05, 0) is 162 Å². The van der Waals surface area contributed by atoms with Crippen molar-refractivity contribution in [2.45, 2.75) is 392 Å². The van der Waals surface area contributed by atoms with Crippen LogP contribution in [0.2, 0.25) is 0 Å².